The van der Waals surface area contributed by atoms with E-state index in [4.69, 9.17) is 4.52 Å². The zero-order chi connectivity index (χ0) is 26.5. The van der Waals surface area contributed by atoms with E-state index in [1.807, 2.05) is 36.4 Å². The van der Waals surface area contributed by atoms with Crippen LogP contribution in [0.25, 0.3) is 10.8 Å². The van der Waals surface area contributed by atoms with Crippen LogP contribution in [-0.2, 0) is 25.2 Å². The number of sulfonamides is 1. The van der Waals surface area contributed by atoms with Crippen LogP contribution in [0.2, 0.25) is 0 Å². The predicted octanol–water partition coefficient (Wildman–Crippen LogP) is 1.74. The number of piperazine rings is 1. The molecule has 37 heavy (non-hydrogen) atoms. The first-order valence-corrected chi connectivity index (χ1v) is 13.3. The van der Waals surface area contributed by atoms with Crippen LogP contribution in [-0.4, -0.2) is 78.2 Å². The largest absolute Gasteiger partial charge is 0.360 e. The van der Waals surface area contributed by atoms with Crippen molar-refractivity contribution >= 4 is 38.6 Å². The smallest absolute Gasteiger partial charge is 0.325 e. The number of urea groups is 1. The number of fused-ring (bicyclic) bond motifs is 1. The van der Waals surface area contributed by atoms with Crippen molar-refractivity contribution in [1.82, 2.24) is 24.6 Å². The minimum absolute atomic E-state index is 0.0410. The zero-order valence-corrected chi connectivity index (χ0v) is 21.5. The molecule has 1 N–H and O–H groups in total. The van der Waals surface area contributed by atoms with E-state index in [1.165, 1.54) is 16.1 Å². The number of carbonyl (C=O) groups is 3. The molecule has 12 heteroatoms. The molecular formula is C25H27N5O6S. The summed E-state index contributed by atoms with van der Waals surface area (Å²) in [5.41, 5.74) is -0.389. The number of amides is 4. The quantitative estimate of drug-likeness (QED) is 0.502. The summed E-state index contributed by atoms with van der Waals surface area (Å²) in [5, 5.41) is 8.26. The number of hydrogen-bond acceptors (Lipinski definition) is 7. The Kier molecular flexibility index (Phi) is 6.03. The van der Waals surface area contributed by atoms with Crippen molar-refractivity contribution in [3.05, 3.63) is 59.5 Å². The number of hydrogen-bond donors (Lipinski definition) is 1. The normalized spacial score (nSPS) is 21.1. The van der Waals surface area contributed by atoms with Crippen LogP contribution < -0.4 is 5.32 Å². The molecule has 2 saturated heterocycles. The summed E-state index contributed by atoms with van der Waals surface area (Å²) < 4.78 is 32.4. The Labute approximate surface area is 214 Å². The molecule has 2 aliphatic heterocycles. The van der Waals surface area contributed by atoms with Crippen LogP contribution in [0.3, 0.4) is 0 Å². The van der Waals surface area contributed by atoms with Crippen LogP contribution in [0.5, 0.6) is 0 Å². The molecule has 4 amide bonds. The van der Waals surface area contributed by atoms with Gasteiger partial charge >= 0.3 is 6.03 Å². The number of benzene rings is 2. The van der Waals surface area contributed by atoms with Gasteiger partial charge in [-0.05, 0) is 37.1 Å². The standard InChI is InChI=1S/C25H27N5O6S/c1-16-22(17(2)36-27-16)37(34,35)29-13-11-28(12-14-29)21(31)15-30-23(32)25(3,26-24(30)33)20-10-6-8-18-7-4-5-9-19(18)20/h4-10H,11-15H2,1-3H3,(H,26,33). The molecule has 2 aromatic carbocycles. The van der Waals surface area contributed by atoms with Gasteiger partial charge in [0, 0.05) is 26.2 Å². The summed E-state index contributed by atoms with van der Waals surface area (Å²) in [7, 11) is -3.82. The minimum Gasteiger partial charge on any atom is -0.360 e. The summed E-state index contributed by atoms with van der Waals surface area (Å²) in [6.07, 6.45) is 0. The van der Waals surface area contributed by atoms with Crippen molar-refractivity contribution < 1.29 is 27.3 Å². The number of carbonyl (C=O) groups excluding carboxylic acids is 3. The highest BCUT2D eigenvalue weighted by Gasteiger charge is 2.50. The van der Waals surface area contributed by atoms with Gasteiger partial charge in [0.2, 0.25) is 15.9 Å². The Bertz CT molecular complexity index is 1500. The number of imide groups is 1. The molecule has 2 aliphatic rings. The molecule has 3 aromatic rings. The third-order valence-corrected chi connectivity index (χ3v) is 9.20. The van der Waals surface area contributed by atoms with Gasteiger partial charge in [0.25, 0.3) is 5.91 Å². The van der Waals surface area contributed by atoms with Crippen molar-refractivity contribution in [2.75, 3.05) is 32.7 Å². The lowest BCUT2D eigenvalue weighted by Crippen LogP contribution is -2.53. The Balaban J connectivity index is 1.28. The first-order chi connectivity index (χ1) is 17.5. The van der Waals surface area contributed by atoms with Gasteiger partial charge in [-0.1, -0.05) is 47.6 Å². The highest BCUT2D eigenvalue weighted by atomic mass is 32.2. The third kappa shape index (κ3) is 4.05. The minimum atomic E-state index is -3.82. The summed E-state index contributed by atoms with van der Waals surface area (Å²) in [5.74, 6) is -0.731. The number of nitrogens with one attached hydrogen (secondary N) is 1. The van der Waals surface area contributed by atoms with E-state index in [2.05, 4.69) is 10.5 Å². The van der Waals surface area contributed by atoms with Gasteiger partial charge in [-0.15, -0.1) is 0 Å². The lowest BCUT2D eigenvalue weighted by atomic mass is 9.88. The molecule has 0 saturated carbocycles. The molecule has 0 bridgehead atoms. The summed E-state index contributed by atoms with van der Waals surface area (Å²) in [6.45, 7) is 4.72. The second-order valence-corrected chi connectivity index (χ2v) is 11.3. The molecule has 11 nitrogen and oxygen atoms in total. The number of rotatable bonds is 5. The van der Waals surface area contributed by atoms with Gasteiger partial charge < -0.3 is 14.7 Å². The van der Waals surface area contributed by atoms with E-state index in [9.17, 15) is 22.8 Å². The Morgan fingerprint density at radius 1 is 1.05 bits per heavy atom. The second kappa shape index (κ2) is 8.96. The highest BCUT2D eigenvalue weighted by molar-refractivity contribution is 7.89. The van der Waals surface area contributed by atoms with Crippen LogP contribution in [0.1, 0.15) is 23.9 Å². The maximum atomic E-state index is 13.4. The van der Waals surface area contributed by atoms with E-state index >= 15 is 0 Å². The SMILES string of the molecule is Cc1noc(C)c1S(=O)(=O)N1CCN(C(=O)CN2C(=O)NC(C)(c3cccc4ccccc34)C2=O)CC1. The highest BCUT2D eigenvalue weighted by Crippen LogP contribution is 2.34. The summed E-state index contributed by atoms with van der Waals surface area (Å²) >= 11 is 0. The van der Waals surface area contributed by atoms with Crippen molar-refractivity contribution in [3.8, 4) is 0 Å². The number of nitrogens with zero attached hydrogens (tertiary/aromatic N) is 4. The van der Waals surface area contributed by atoms with E-state index in [1.54, 1.807) is 19.9 Å². The van der Waals surface area contributed by atoms with E-state index in [0.29, 0.717) is 5.56 Å². The molecular weight excluding hydrogens is 498 g/mol. The van der Waals surface area contributed by atoms with Gasteiger partial charge in [-0.2, -0.15) is 4.31 Å². The Morgan fingerprint density at radius 3 is 2.41 bits per heavy atom. The zero-order valence-electron chi connectivity index (χ0n) is 20.7. The van der Waals surface area contributed by atoms with Gasteiger partial charge in [0.1, 0.15) is 22.7 Å². The maximum Gasteiger partial charge on any atom is 0.325 e. The van der Waals surface area contributed by atoms with Crippen LogP contribution >= 0.6 is 0 Å². The van der Waals surface area contributed by atoms with Crippen LogP contribution in [0.15, 0.2) is 51.9 Å². The molecule has 194 valence electrons. The summed E-state index contributed by atoms with van der Waals surface area (Å²) in [6, 6.07) is 12.5. The lowest BCUT2D eigenvalue weighted by Gasteiger charge is -2.34. The van der Waals surface area contributed by atoms with Crippen molar-refractivity contribution in [3.63, 3.8) is 0 Å². The molecule has 2 fully saturated rings. The molecule has 5 rings (SSSR count). The molecule has 0 aliphatic carbocycles. The maximum absolute atomic E-state index is 13.4. The predicted molar refractivity (Wildman–Crippen MR) is 133 cm³/mol. The Hall–Kier alpha value is -3.77. The average molecular weight is 526 g/mol. The van der Waals surface area contributed by atoms with Crippen molar-refractivity contribution in [2.45, 2.75) is 31.2 Å². The first kappa shape index (κ1) is 24.9. The number of aromatic nitrogens is 1. The Morgan fingerprint density at radius 2 is 1.73 bits per heavy atom. The summed E-state index contributed by atoms with van der Waals surface area (Å²) in [4.78, 5) is 41.8. The van der Waals surface area contributed by atoms with Crippen molar-refractivity contribution in [1.29, 1.82) is 0 Å². The fourth-order valence-electron chi connectivity index (χ4n) is 5.07. The monoisotopic (exact) mass is 525 g/mol. The van der Waals surface area contributed by atoms with Gasteiger partial charge in [-0.3, -0.25) is 14.5 Å². The van der Waals surface area contributed by atoms with E-state index in [0.717, 1.165) is 15.7 Å². The molecule has 1 unspecified atom stereocenters. The van der Waals surface area contributed by atoms with E-state index in [-0.39, 0.29) is 42.5 Å². The average Bonchev–Trinajstić information content (AvgIpc) is 3.34. The van der Waals surface area contributed by atoms with E-state index < -0.39 is 40.0 Å². The first-order valence-electron chi connectivity index (χ1n) is 11.9. The fourth-order valence-corrected chi connectivity index (χ4v) is 6.78. The van der Waals surface area contributed by atoms with Crippen LogP contribution in [0.4, 0.5) is 4.79 Å². The van der Waals surface area contributed by atoms with Gasteiger partial charge in [0.15, 0.2) is 5.76 Å². The lowest BCUT2D eigenvalue weighted by molar-refractivity contribution is -0.139. The molecule has 1 atom stereocenters. The second-order valence-electron chi connectivity index (χ2n) is 9.41. The van der Waals surface area contributed by atoms with Gasteiger partial charge in [-0.25, -0.2) is 13.2 Å². The topological polar surface area (TPSA) is 133 Å². The molecule has 1 aromatic heterocycles. The molecule has 0 radical (unpaired) electrons. The van der Waals surface area contributed by atoms with Crippen molar-refractivity contribution in [2.24, 2.45) is 0 Å². The van der Waals surface area contributed by atoms with Crippen LogP contribution in [0, 0.1) is 13.8 Å². The van der Waals surface area contributed by atoms with Gasteiger partial charge in [0.05, 0.1) is 0 Å². The number of aryl methyl sites for hydroxylation is 2. The third-order valence-electron chi connectivity index (χ3n) is 7.05. The fraction of sp³-hybridized carbons (Fsp3) is 0.360. The molecule has 3 heterocycles. The molecule has 0 spiro atoms.